The molecular formula is C36H30N4O2. The van der Waals surface area contributed by atoms with E-state index >= 15 is 0 Å². The summed E-state index contributed by atoms with van der Waals surface area (Å²) in [6.45, 7) is 3.95. The number of hydrogen-bond acceptors (Lipinski definition) is 4. The molecule has 42 heavy (non-hydrogen) atoms. The van der Waals surface area contributed by atoms with Crippen LogP contribution in [0, 0.1) is 0 Å². The Bertz CT molecular complexity index is 1780. The highest BCUT2D eigenvalue weighted by molar-refractivity contribution is 5.97. The van der Waals surface area contributed by atoms with Crippen molar-refractivity contribution in [1.29, 1.82) is 0 Å². The zero-order valence-electron chi connectivity index (χ0n) is 23.4. The Kier molecular flexibility index (Phi) is 7.43. The number of hydrogen-bond donors (Lipinski definition) is 2. The predicted octanol–water partition coefficient (Wildman–Crippen LogP) is 7.43. The molecule has 0 aliphatic heterocycles. The zero-order valence-corrected chi connectivity index (χ0v) is 23.4. The van der Waals surface area contributed by atoms with Gasteiger partial charge < -0.3 is 10.6 Å². The van der Waals surface area contributed by atoms with E-state index < -0.39 is 0 Å². The Morgan fingerprint density at radius 3 is 1.40 bits per heavy atom. The SMILES string of the molecule is C[C@@H](NC(=O)c1ccnc(-c2cc(C(=O)N[C@H](C)c3cccc4ccccc34)ccn2)c1)c1cccc2ccccc12. The molecule has 6 rings (SSSR count). The first-order chi connectivity index (χ1) is 20.5. The highest BCUT2D eigenvalue weighted by Crippen LogP contribution is 2.26. The number of rotatable bonds is 7. The molecule has 2 aromatic heterocycles. The molecule has 0 saturated carbocycles. The summed E-state index contributed by atoms with van der Waals surface area (Å²) in [4.78, 5) is 35.4. The quantitative estimate of drug-likeness (QED) is 0.216. The van der Waals surface area contributed by atoms with Crippen molar-refractivity contribution < 1.29 is 9.59 Å². The van der Waals surface area contributed by atoms with Crippen molar-refractivity contribution in [2.24, 2.45) is 0 Å². The second-order valence-corrected chi connectivity index (χ2v) is 10.4. The Hall–Kier alpha value is -5.36. The number of fused-ring (bicyclic) bond motifs is 2. The van der Waals surface area contributed by atoms with Crippen molar-refractivity contribution in [2.75, 3.05) is 0 Å². The summed E-state index contributed by atoms with van der Waals surface area (Å²) < 4.78 is 0. The number of nitrogens with zero attached hydrogens (tertiary/aromatic N) is 2. The fourth-order valence-electron chi connectivity index (χ4n) is 5.40. The lowest BCUT2D eigenvalue weighted by Crippen LogP contribution is -2.27. The van der Waals surface area contributed by atoms with Gasteiger partial charge >= 0.3 is 0 Å². The second-order valence-electron chi connectivity index (χ2n) is 10.4. The first-order valence-corrected chi connectivity index (χ1v) is 14.0. The van der Waals surface area contributed by atoms with E-state index in [0.717, 1.165) is 32.7 Å². The summed E-state index contributed by atoms with van der Waals surface area (Å²) in [5.74, 6) is -0.422. The van der Waals surface area contributed by atoms with Gasteiger partial charge in [-0.25, -0.2) is 0 Å². The van der Waals surface area contributed by atoms with Gasteiger partial charge in [0.15, 0.2) is 0 Å². The monoisotopic (exact) mass is 550 g/mol. The summed E-state index contributed by atoms with van der Waals surface area (Å²) >= 11 is 0. The van der Waals surface area contributed by atoms with E-state index in [1.165, 1.54) is 0 Å². The number of pyridine rings is 2. The van der Waals surface area contributed by atoms with Crippen molar-refractivity contribution in [3.63, 3.8) is 0 Å². The predicted molar refractivity (Wildman–Crippen MR) is 167 cm³/mol. The highest BCUT2D eigenvalue weighted by Gasteiger charge is 2.17. The molecule has 2 heterocycles. The average molecular weight is 551 g/mol. The maximum absolute atomic E-state index is 13.2. The maximum atomic E-state index is 13.2. The van der Waals surface area contributed by atoms with E-state index in [0.29, 0.717) is 22.5 Å². The van der Waals surface area contributed by atoms with Gasteiger partial charge in [0, 0.05) is 23.5 Å². The highest BCUT2D eigenvalue weighted by atomic mass is 16.2. The zero-order chi connectivity index (χ0) is 29.1. The van der Waals surface area contributed by atoms with Crippen LogP contribution in [-0.2, 0) is 0 Å². The van der Waals surface area contributed by atoms with Crippen LogP contribution in [-0.4, -0.2) is 21.8 Å². The molecule has 2 amide bonds. The molecule has 6 aromatic rings. The van der Waals surface area contributed by atoms with E-state index in [1.807, 2.05) is 62.4 Å². The molecule has 6 nitrogen and oxygen atoms in total. The van der Waals surface area contributed by atoms with E-state index in [2.05, 4.69) is 57.0 Å². The van der Waals surface area contributed by atoms with Gasteiger partial charge in [0.05, 0.1) is 23.5 Å². The Morgan fingerprint density at radius 1 is 0.548 bits per heavy atom. The summed E-state index contributed by atoms with van der Waals surface area (Å²) in [5, 5.41) is 10.7. The lowest BCUT2D eigenvalue weighted by Gasteiger charge is -2.17. The third-order valence-corrected chi connectivity index (χ3v) is 7.58. The van der Waals surface area contributed by atoms with Crippen LogP contribution in [0.4, 0.5) is 0 Å². The van der Waals surface area contributed by atoms with Crippen LogP contribution in [0.15, 0.2) is 122 Å². The van der Waals surface area contributed by atoms with Crippen molar-refractivity contribution in [3.05, 3.63) is 144 Å². The van der Waals surface area contributed by atoms with Gasteiger partial charge in [-0.2, -0.15) is 0 Å². The lowest BCUT2D eigenvalue weighted by molar-refractivity contribution is 0.0931. The van der Waals surface area contributed by atoms with Gasteiger partial charge in [-0.1, -0.05) is 84.9 Å². The fourth-order valence-corrected chi connectivity index (χ4v) is 5.40. The maximum Gasteiger partial charge on any atom is 0.251 e. The molecule has 0 unspecified atom stereocenters. The van der Waals surface area contributed by atoms with Crippen LogP contribution in [0.1, 0.15) is 57.8 Å². The molecule has 0 aliphatic carbocycles. The molecule has 6 heteroatoms. The van der Waals surface area contributed by atoms with E-state index in [9.17, 15) is 9.59 Å². The van der Waals surface area contributed by atoms with Crippen LogP contribution >= 0.6 is 0 Å². The summed E-state index contributed by atoms with van der Waals surface area (Å²) in [7, 11) is 0. The normalized spacial score (nSPS) is 12.5. The third kappa shape index (κ3) is 5.47. The topological polar surface area (TPSA) is 84.0 Å². The van der Waals surface area contributed by atoms with Crippen molar-refractivity contribution in [1.82, 2.24) is 20.6 Å². The number of benzene rings is 4. The summed E-state index contributed by atoms with van der Waals surface area (Å²) in [6, 6.07) is 34.8. The van der Waals surface area contributed by atoms with E-state index in [-0.39, 0.29) is 23.9 Å². The van der Waals surface area contributed by atoms with Crippen molar-refractivity contribution >= 4 is 33.4 Å². The van der Waals surface area contributed by atoms with Gasteiger partial charge in [-0.05, 0) is 70.8 Å². The molecule has 0 bridgehead atoms. The Balaban J connectivity index is 1.19. The van der Waals surface area contributed by atoms with Crippen LogP contribution < -0.4 is 10.6 Å². The number of carbonyl (C=O) groups is 2. The molecule has 0 radical (unpaired) electrons. The molecular weight excluding hydrogens is 520 g/mol. The minimum absolute atomic E-state index is 0.200. The molecule has 0 fully saturated rings. The van der Waals surface area contributed by atoms with Gasteiger partial charge in [-0.15, -0.1) is 0 Å². The molecule has 0 saturated heterocycles. The number of aromatic nitrogens is 2. The lowest BCUT2D eigenvalue weighted by atomic mass is 9.99. The van der Waals surface area contributed by atoms with Crippen LogP contribution in [0.3, 0.4) is 0 Å². The minimum Gasteiger partial charge on any atom is -0.345 e. The summed E-state index contributed by atoms with van der Waals surface area (Å²) in [6.07, 6.45) is 3.17. The van der Waals surface area contributed by atoms with E-state index in [4.69, 9.17) is 0 Å². The van der Waals surface area contributed by atoms with Crippen LogP contribution in [0.5, 0.6) is 0 Å². The van der Waals surface area contributed by atoms with Crippen LogP contribution in [0.2, 0.25) is 0 Å². The third-order valence-electron chi connectivity index (χ3n) is 7.58. The molecule has 0 aliphatic rings. The fraction of sp³-hybridized carbons (Fsp3) is 0.111. The van der Waals surface area contributed by atoms with Gasteiger partial charge in [-0.3, -0.25) is 19.6 Å². The number of carbonyl (C=O) groups excluding carboxylic acids is 2. The second kappa shape index (κ2) is 11.6. The smallest absolute Gasteiger partial charge is 0.251 e. The molecule has 2 N–H and O–H groups in total. The molecule has 2 atom stereocenters. The number of amides is 2. The van der Waals surface area contributed by atoms with Gasteiger partial charge in [0.25, 0.3) is 11.8 Å². The first kappa shape index (κ1) is 26.8. The Labute approximate surface area is 244 Å². The van der Waals surface area contributed by atoms with Crippen LogP contribution in [0.25, 0.3) is 32.9 Å². The standard InChI is InChI=1S/C36H30N4O2/c1-23(29-15-7-11-25-9-3-5-13-31(25)29)39-35(41)27-17-19-37-33(21-27)34-22-28(18-20-38-34)36(42)40-24(2)30-16-8-12-26-10-4-6-14-32(26)30/h3-24H,1-2H3,(H,39,41)(H,40,42)/t23-,24-/m1/s1. The molecule has 206 valence electrons. The number of nitrogens with one attached hydrogen (secondary N) is 2. The molecule has 4 aromatic carbocycles. The largest absolute Gasteiger partial charge is 0.345 e. The van der Waals surface area contributed by atoms with Crippen molar-refractivity contribution in [2.45, 2.75) is 25.9 Å². The van der Waals surface area contributed by atoms with Gasteiger partial charge in [0.2, 0.25) is 0 Å². The Morgan fingerprint density at radius 2 is 0.952 bits per heavy atom. The van der Waals surface area contributed by atoms with Gasteiger partial charge in [0.1, 0.15) is 0 Å². The minimum atomic E-state index is -0.211. The average Bonchev–Trinajstić information content (AvgIpc) is 3.04. The van der Waals surface area contributed by atoms with E-state index in [1.54, 1.807) is 36.7 Å². The van der Waals surface area contributed by atoms with Crippen molar-refractivity contribution in [3.8, 4) is 11.4 Å². The first-order valence-electron chi connectivity index (χ1n) is 14.0. The molecule has 0 spiro atoms. The summed E-state index contributed by atoms with van der Waals surface area (Å²) in [5.41, 5.74) is 4.05.